The van der Waals surface area contributed by atoms with E-state index in [-0.39, 0.29) is 30.5 Å². The second kappa shape index (κ2) is 9.79. The maximum atomic E-state index is 12.2. The van der Waals surface area contributed by atoms with Crippen LogP contribution in [0.4, 0.5) is 0 Å². The lowest BCUT2D eigenvalue weighted by molar-refractivity contribution is -0.129. The summed E-state index contributed by atoms with van der Waals surface area (Å²) in [6.45, 7) is 7.02. The molecule has 0 aliphatic carbocycles. The van der Waals surface area contributed by atoms with Gasteiger partial charge in [0, 0.05) is 19.7 Å². The second-order valence-electron chi connectivity index (χ2n) is 5.13. The number of rotatable bonds is 6. The Labute approximate surface area is 138 Å². The van der Waals surface area contributed by atoms with Crippen molar-refractivity contribution in [2.45, 2.75) is 39.1 Å². The van der Waals surface area contributed by atoms with Gasteiger partial charge in [-0.25, -0.2) is 0 Å². The lowest BCUT2D eigenvalue weighted by Gasteiger charge is -2.29. The number of morpholine rings is 1. The smallest absolute Gasteiger partial charge is 0.240 e. The van der Waals surface area contributed by atoms with E-state index in [1.807, 2.05) is 38.1 Å². The predicted octanol–water partition coefficient (Wildman–Crippen LogP) is 1.64. The first-order valence-corrected chi connectivity index (χ1v) is 7.49. The Hall–Kier alpha value is -1.14. The van der Waals surface area contributed by atoms with Gasteiger partial charge in [-0.2, -0.15) is 0 Å². The molecule has 0 aromatic heterocycles. The van der Waals surface area contributed by atoms with Crippen molar-refractivity contribution >= 4 is 18.3 Å². The quantitative estimate of drug-likeness (QED) is 0.833. The van der Waals surface area contributed by atoms with Crippen LogP contribution in [-0.4, -0.2) is 37.8 Å². The molecule has 1 aromatic rings. The molecule has 1 aromatic carbocycles. The van der Waals surface area contributed by atoms with Gasteiger partial charge in [0.2, 0.25) is 5.91 Å². The van der Waals surface area contributed by atoms with Gasteiger partial charge in [-0.1, -0.05) is 24.3 Å². The van der Waals surface area contributed by atoms with Gasteiger partial charge in [-0.05, 0) is 25.0 Å². The molecule has 2 atom stereocenters. The summed E-state index contributed by atoms with van der Waals surface area (Å²) in [6, 6.07) is 7.72. The maximum Gasteiger partial charge on any atom is 0.240 e. The molecule has 0 saturated carbocycles. The third-order valence-electron chi connectivity index (χ3n) is 3.63. The molecule has 1 aliphatic rings. The molecule has 5 nitrogen and oxygen atoms in total. The highest BCUT2D eigenvalue weighted by Gasteiger charge is 2.27. The topological polar surface area (TPSA) is 59.6 Å². The molecule has 22 heavy (non-hydrogen) atoms. The van der Waals surface area contributed by atoms with E-state index >= 15 is 0 Å². The Balaban J connectivity index is 0.00000242. The van der Waals surface area contributed by atoms with Gasteiger partial charge in [-0.3, -0.25) is 4.79 Å². The van der Waals surface area contributed by atoms with Gasteiger partial charge < -0.3 is 20.1 Å². The third kappa shape index (κ3) is 5.25. The summed E-state index contributed by atoms with van der Waals surface area (Å²) in [6.07, 6.45) is -0.0996. The van der Waals surface area contributed by atoms with Crippen molar-refractivity contribution < 1.29 is 14.3 Å². The Morgan fingerprint density at radius 3 is 2.82 bits per heavy atom. The Morgan fingerprint density at radius 1 is 1.41 bits per heavy atom. The molecule has 0 unspecified atom stereocenters. The summed E-state index contributed by atoms with van der Waals surface area (Å²) in [5.74, 6) is -0.0200. The summed E-state index contributed by atoms with van der Waals surface area (Å²) >= 11 is 0. The number of hydrogen-bond acceptors (Lipinski definition) is 4. The molecule has 1 fully saturated rings. The lowest BCUT2D eigenvalue weighted by atomic mass is 10.1. The molecule has 2 N–H and O–H groups in total. The molecule has 1 saturated heterocycles. The van der Waals surface area contributed by atoms with E-state index in [1.165, 1.54) is 0 Å². The van der Waals surface area contributed by atoms with Crippen LogP contribution in [0.2, 0.25) is 0 Å². The minimum Gasteiger partial charge on any atom is -0.377 e. The van der Waals surface area contributed by atoms with Gasteiger partial charge in [0.15, 0.2) is 0 Å². The number of carbonyl (C=O) groups is 1. The van der Waals surface area contributed by atoms with E-state index < -0.39 is 0 Å². The number of halogens is 1. The van der Waals surface area contributed by atoms with Gasteiger partial charge in [0.1, 0.15) is 6.04 Å². The summed E-state index contributed by atoms with van der Waals surface area (Å²) in [5.41, 5.74) is 2.20. The van der Waals surface area contributed by atoms with Crippen LogP contribution in [0, 0.1) is 0 Å². The first-order chi connectivity index (χ1) is 10.2. The Kier molecular flexibility index (Phi) is 8.42. The van der Waals surface area contributed by atoms with Crippen LogP contribution < -0.4 is 10.6 Å². The molecule has 1 amide bonds. The van der Waals surface area contributed by atoms with Crippen molar-refractivity contribution in [3.05, 3.63) is 35.4 Å². The van der Waals surface area contributed by atoms with Crippen LogP contribution in [-0.2, 0) is 27.4 Å². The van der Waals surface area contributed by atoms with E-state index in [0.717, 1.165) is 11.1 Å². The fourth-order valence-electron chi connectivity index (χ4n) is 2.40. The van der Waals surface area contributed by atoms with Crippen LogP contribution in [0.3, 0.4) is 0 Å². The molecule has 0 bridgehead atoms. The fraction of sp³-hybridized carbons (Fsp3) is 0.562. The zero-order valence-corrected chi connectivity index (χ0v) is 13.9. The molecule has 0 spiro atoms. The molecule has 6 heteroatoms. The Morgan fingerprint density at radius 2 is 2.14 bits per heavy atom. The number of benzene rings is 1. The molecule has 2 rings (SSSR count). The molecular formula is C16H25ClN2O3. The van der Waals surface area contributed by atoms with Crippen molar-refractivity contribution in [1.29, 1.82) is 0 Å². The van der Waals surface area contributed by atoms with Crippen LogP contribution >= 0.6 is 12.4 Å². The highest BCUT2D eigenvalue weighted by Crippen LogP contribution is 2.11. The monoisotopic (exact) mass is 328 g/mol. The largest absolute Gasteiger partial charge is 0.377 e. The first-order valence-electron chi connectivity index (χ1n) is 7.49. The number of carbonyl (C=O) groups excluding carboxylic acids is 1. The van der Waals surface area contributed by atoms with Gasteiger partial charge >= 0.3 is 0 Å². The molecular weight excluding hydrogens is 304 g/mol. The van der Waals surface area contributed by atoms with Crippen molar-refractivity contribution in [2.75, 3.05) is 19.8 Å². The van der Waals surface area contributed by atoms with E-state index in [2.05, 4.69) is 10.6 Å². The van der Waals surface area contributed by atoms with E-state index in [1.54, 1.807) is 0 Å². The number of ether oxygens (including phenoxy) is 2. The van der Waals surface area contributed by atoms with Crippen molar-refractivity contribution in [1.82, 2.24) is 10.6 Å². The SMILES string of the molecule is CCOCc1ccccc1CNC(=O)[C@H]1NCCO[C@@H]1C.Cl. The lowest BCUT2D eigenvalue weighted by Crippen LogP contribution is -2.55. The third-order valence-corrected chi connectivity index (χ3v) is 3.63. The standard InChI is InChI=1S/C16H24N2O3.ClH/c1-3-20-11-14-7-5-4-6-13(14)10-18-16(19)15-12(2)21-9-8-17-15;/h4-7,12,15,17H,3,8-11H2,1-2H3,(H,18,19);1H/t12-,15+;/m1./s1. The van der Waals surface area contributed by atoms with Gasteiger partial charge in [0.05, 0.1) is 19.3 Å². The van der Waals surface area contributed by atoms with Crippen LogP contribution in [0.5, 0.6) is 0 Å². The number of hydrogen-bond donors (Lipinski definition) is 2. The molecule has 1 aliphatic heterocycles. The van der Waals surface area contributed by atoms with Gasteiger partial charge in [-0.15, -0.1) is 12.4 Å². The van der Waals surface area contributed by atoms with Crippen LogP contribution in [0.15, 0.2) is 24.3 Å². The average Bonchev–Trinajstić information content (AvgIpc) is 2.52. The summed E-state index contributed by atoms with van der Waals surface area (Å²) in [5, 5.41) is 6.17. The predicted molar refractivity (Wildman–Crippen MR) is 88.1 cm³/mol. The van der Waals surface area contributed by atoms with Crippen molar-refractivity contribution in [3.63, 3.8) is 0 Å². The summed E-state index contributed by atoms with van der Waals surface area (Å²) in [4.78, 5) is 12.2. The van der Waals surface area contributed by atoms with Crippen LogP contribution in [0.25, 0.3) is 0 Å². The molecule has 0 radical (unpaired) electrons. The van der Waals surface area contributed by atoms with Crippen molar-refractivity contribution in [2.24, 2.45) is 0 Å². The molecule has 1 heterocycles. The van der Waals surface area contributed by atoms with Crippen LogP contribution in [0.1, 0.15) is 25.0 Å². The number of amides is 1. The fourth-order valence-corrected chi connectivity index (χ4v) is 2.40. The molecule has 124 valence electrons. The number of nitrogens with one attached hydrogen (secondary N) is 2. The minimum atomic E-state index is -0.280. The van der Waals surface area contributed by atoms with E-state index in [4.69, 9.17) is 9.47 Å². The highest BCUT2D eigenvalue weighted by molar-refractivity contribution is 5.85. The van der Waals surface area contributed by atoms with Gasteiger partial charge in [0.25, 0.3) is 0 Å². The maximum absolute atomic E-state index is 12.2. The zero-order chi connectivity index (χ0) is 15.1. The summed E-state index contributed by atoms with van der Waals surface area (Å²) in [7, 11) is 0. The first kappa shape index (κ1) is 18.9. The second-order valence-corrected chi connectivity index (χ2v) is 5.13. The average molecular weight is 329 g/mol. The normalized spacial score (nSPS) is 21.0. The zero-order valence-electron chi connectivity index (χ0n) is 13.1. The van der Waals surface area contributed by atoms with E-state index in [0.29, 0.717) is 32.9 Å². The van der Waals surface area contributed by atoms with Crippen molar-refractivity contribution in [3.8, 4) is 0 Å². The van der Waals surface area contributed by atoms with E-state index in [9.17, 15) is 4.79 Å². The minimum absolute atomic E-state index is 0. The highest BCUT2D eigenvalue weighted by atomic mass is 35.5. The Bertz CT molecular complexity index is 470. The summed E-state index contributed by atoms with van der Waals surface area (Å²) < 4.78 is 11.0.